The second-order valence-electron chi connectivity index (χ2n) is 5.25. The van der Waals surface area contributed by atoms with Gasteiger partial charge in [0.05, 0.1) is 13.7 Å². The van der Waals surface area contributed by atoms with Crippen molar-refractivity contribution in [2.75, 3.05) is 19.0 Å². The van der Waals surface area contributed by atoms with Gasteiger partial charge in [0.15, 0.2) is 11.5 Å². The molecule has 0 unspecified atom stereocenters. The van der Waals surface area contributed by atoms with Crippen molar-refractivity contribution in [1.82, 2.24) is 0 Å². The van der Waals surface area contributed by atoms with Gasteiger partial charge in [0.1, 0.15) is 5.82 Å². The summed E-state index contributed by atoms with van der Waals surface area (Å²) >= 11 is 0. The molecule has 0 bridgehead atoms. The van der Waals surface area contributed by atoms with Crippen molar-refractivity contribution >= 4 is 17.5 Å². The van der Waals surface area contributed by atoms with Gasteiger partial charge in [-0.25, -0.2) is 4.39 Å². The molecular weight excluding hydrogens is 327 g/mol. The topological polar surface area (TPSA) is 90.6 Å². The van der Waals surface area contributed by atoms with Crippen LogP contribution in [0.3, 0.4) is 0 Å². The number of ether oxygens (including phenoxy) is 2. The van der Waals surface area contributed by atoms with E-state index in [1.165, 1.54) is 26.2 Å². The van der Waals surface area contributed by atoms with Crippen LogP contribution in [0.15, 0.2) is 30.3 Å². The van der Waals surface area contributed by atoms with Gasteiger partial charge in [-0.2, -0.15) is 0 Å². The lowest BCUT2D eigenvalue weighted by molar-refractivity contribution is 0.0995. The zero-order valence-electron chi connectivity index (χ0n) is 14.2. The molecule has 0 aliphatic heterocycles. The summed E-state index contributed by atoms with van der Waals surface area (Å²) in [6.07, 6.45) is 0. The lowest BCUT2D eigenvalue weighted by Gasteiger charge is -2.13. The number of rotatable bonds is 6. The van der Waals surface area contributed by atoms with Gasteiger partial charge in [0, 0.05) is 22.4 Å². The van der Waals surface area contributed by atoms with Crippen LogP contribution in [0.25, 0.3) is 0 Å². The summed E-state index contributed by atoms with van der Waals surface area (Å²) in [7, 11) is 1.47. The number of primary amides is 1. The molecule has 6 nitrogen and oxygen atoms in total. The number of benzene rings is 2. The zero-order valence-corrected chi connectivity index (χ0v) is 14.2. The molecule has 25 heavy (non-hydrogen) atoms. The van der Waals surface area contributed by atoms with Gasteiger partial charge in [-0.3, -0.25) is 9.59 Å². The Hall–Kier alpha value is -3.09. The second-order valence-corrected chi connectivity index (χ2v) is 5.25. The molecule has 2 amide bonds. The second kappa shape index (κ2) is 7.65. The Morgan fingerprint density at radius 3 is 2.48 bits per heavy atom. The summed E-state index contributed by atoms with van der Waals surface area (Å²) in [5.41, 5.74) is 5.83. The molecule has 0 saturated carbocycles. The predicted octanol–water partition coefficient (Wildman–Crippen LogP) is 2.89. The van der Waals surface area contributed by atoms with E-state index in [1.807, 2.05) is 6.92 Å². The van der Waals surface area contributed by atoms with Crippen molar-refractivity contribution in [3.63, 3.8) is 0 Å². The largest absolute Gasteiger partial charge is 0.493 e. The van der Waals surface area contributed by atoms with E-state index in [0.717, 1.165) is 6.07 Å². The number of carbonyl (C=O) groups is 2. The Morgan fingerprint density at radius 2 is 1.88 bits per heavy atom. The molecule has 0 saturated heterocycles. The van der Waals surface area contributed by atoms with Gasteiger partial charge < -0.3 is 20.5 Å². The fraction of sp³-hybridized carbons (Fsp3) is 0.222. The number of carbonyl (C=O) groups excluding carboxylic acids is 2. The van der Waals surface area contributed by atoms with Gasteiger partial charge >= 0.3 is 0 Å². The molecule has 132 valence electrons. The SMILES string of the molecule is CCOc1ccc(C(=O)Nc2cc(C(N)=O)cc(F)c2C)cc1OC. The standard InChI is InChI=1S/C18H19FN2O4/c1-4-25-15-6-5-11(9-16(15)24-3)18(23)21-14-8-12(17(20)22)7-13(19)10(14)2/h5-9H,4H2,1-3H3,(H2,20,22)(H,21,23). The average Bonchev–Trinajstić information content (AvgIpc) is 2.59. The number of nitrogens with one attached hydrogen (secondary N) is 1. The molecule has 0 aliphatic carbocycles. The molecule has 0 heterocycles. The quantitative estimate of drug-likeness (QED) is 0.841. The van der Waals surface area contributed by atoms with Crippen molar-refractivity contribution in [3.8, 4) is 11.5 Å². The van der Waals surface area contributed by atoms with Crippen LogP contribution in [0.4, 0.5) is 10.1 Å². The molecule has 0 aliphatic rings. The molecule has 2 aromatic rings. The van der Waals surface area contributed by atoms with E-state index in [4.69, 9.17) is 15.2 Å². The summed E-state index contributed by atoms with van der Waals surface area (Å²) in [4.78, 5) is 23.7. The minimum Gasteiger partial charge on any atom is -0.493 e. The van der Waals surface area contributed by atoms with Crippen LogP contribution < -0.4 is 20.5 Å². The van der Waals surface area contributed by atoms with Gasteiger partial charge in [-0.1, -0.05) is 0 Å². The monoisotopic (exact) mass is 346 g/mol. The molecule has 0 radical (unpaired) electrons. The Balaban J connectivity index is 2.32. The molecule has 2 aromatic carbocycles. The zero-order chi connectivity index (χ0) is 18.6. The van der Waals surface area contributed by atoms with Crippen molar-refractivity contribution in [2.45, 2.75) is 13.8 Å². The van der Waals surface area contributed by atoms with Crippen LogP contribution in [0.2, 0.25) is 0 Å². The maximum Gasteiger partial charge on any atom is 0.255 e. The van der Waals surface area contributed by atoms with Crippen LogP contribution in [-0.2, 0) is 0 Å². The summed E-state index contributed by atoms with van der Waals surface area (Å²) in [6, 6.07) is 7.07. The average molecular weight is 346 g/mol. The summed E-state index contributed by atoms with van der Waals surface area (Å²) in [5.74, 6) is -0.971. The van der Waals surface area contributed by atoms with E-state index < -0.39 is 17.6 Å². The van der Waals surface area contributed by atoms with Crippen LogP contribution in [0.5, 0.6) is 11.5 Å². The normalized spacial score (nSPS) is 10.2. The number of methoxy groups -OCH3 is 1. The summed E-state index contributed by atoms with van der Waals surface area (Å²) < 4.78 is 24.5. The molecule has 0 atom stereocenters. The summed E-state index contributed by atoms with van der Waals surface area (Å²) in [6.45, 7) is 3.79. The Labute approximate surface area is 144 Å². The van der Waals surface area contributed by atoms with E-state index in [-0.39, 0.29) is 16.8 Å². The molecule has 3 N–H and O–H groups in total. The van der Waals surface area contributed by atoms with E-state index in [2.05, 4.69) is 5.32 Å². The molecule has 0 spiro atoms. The minimum absolute atomic E-state index is 0.0253. The van der Waals surface area contributed by atoms with Crippen molar-refractivity contribution in [3.05, 3.63) is 52.8 Å². The fourth-order valence-electron chi connectivity index (χ4n) is 2.23. The highest BCUT2D eigenvalue weighted by Gasteiger charge is 2.15. The maximum atomic E-state index is 13.9. The first-order chi connectivity index (χ1) is 11.9. The number of hydrogen-bond donors (Lipinski definition) is 2. The van der Waals surface area contributed by atoms with E-state index in [1.54, 1.807) is 12.1 Å². The lowest BCUT2D eigenvalue weighted by atomic mass is 10.1. The molecule has 7 heteroatoms. The van der Waals surface area contributed by atoms with Crippen LogP contribution in [0, 0.1) is 12.7 Å². The third-order valence-electron chi connectivity index (χ3n) is 3.60. The minimum atomic E-state index is -0.780. The van der Waals surface area contributed by atoms with Crippen molar-refractivity contribution < 1.29 is 23.5 Å². The van der Waals surface area contributed by atoms with Crippen molar-refractivity contribution in [2.24, 2.45) is 5.73 Å². The first-order valence-electron chi connectivity index (χ1n) is 7.59. The fourth-order valence-corrected chi connectivity index (χ4v) is 2.23. The van der Waals surface area contributed by atoms with Crippen LogP contribution in [-0.4, -0.2) is 25.5 Å². The highest BCUT2D eigenvalue weighted by Crippen LogP contribution is 2.29. The Bertz CT molecular complexity index is 821. The molecular formula is C18H19FN2O4. The predicted molar refractivity (Wildman–Crippen MR) is 91.8 cm³/mol. The first kappa shape index (κ1) is 18.3. The highest BCUT2D eigenvalue weighted by atomic mass is 19.1. The number of amides is 2. The van der Waals surface area contributed by atoms with Gasteiger partial charge in [-0.05, 0) is 44.2 Å². The van der Waals surface area contributed by atoms with Gasteiger partial charge in [0.25, 0.3) is 5.91 Å². The summed E-state index contributed by atoms with van der Waals surface area (Å²) in [5, 5.41) is 2.58. The van der Waals surface area contributed by atoms with Crippen molar-refractivity contribution in [1.29, 1.82) is 0 Å². The highest BCUT2D eigenvalue weighted by molar-refractivity contribution is 6.06. The van der Waals surface area contributed by atoms with Gasteiger partial charge in [0.2, 0.25) is 5.91 Å². The van der Waals surface area contributed by atoms with Gasteiger partial charge in [-0.15, -0.1) is 0 Å². The molecule has 2 rings (SSSR count). The van der Waals surface area contributed by atoms with E-state index >= 15 is 0 Å². The van der Waals surface area contributed by atoms with Crippen LogP contribution in [0.1, 0.15) is 33.2 Å². The number of halogens is 1. The number of nitrogens with two attached hydrogens (primary N) is 1. The van der Waals surface area contributed by atoms with E-state index in [0.29, 0.717) is 23.7 Å². The van der Waals surface area contributed by atoms with E-state index in [9.17, 15) is 14.0 Å². The molecule has 0 fully saturated rings. The maximum absolute atomic E-state index is 13.9. The number of anilines is 1. The van der Waals surface area contributed by atoms with Crippen LogP contribution >= 0.6 is 0 Å². The molecule has 0 aromatic heterocycles. The third kappa shape index (κ3) is 4.06. The smallest absolute Gasteiger partial charge is 0.255 e. The Kier molecular flexibility index (Phi) is 5.59. The number of hydrogen-bond acceptors (Lipinski definition) is 4. The Morgan fingerprint density at radius 1 is 1.16 bits per heavy atom. The lowest BCUT2D eigenvalue weighted by Crippen LogP contribution is -2.16. The third-order valence-corrected chi connectivity index (χ3v) is 3.60. The first-order valence-corrected chi connectivity index (χ1v) is 7.59.